The Labute approximate surface area is 216 Å². The minimum atomic E-state index is -0.507. The average molecular weight is 505 g/mol. The fourth-order valence-electron chi connectivity index (χ4n) is 4.38. The number of ether oxygens (including phenoxy) is 2. The summed E-state index contributed by atoms with van der Waals surface area (Å²) in [6.45, 7) is 0. The summed E-state index contributed by atoms with van der Waals surface area (Å²) >= 11 is 1.44. The topological polar surface area (TPSA) is 76.7 Å². The molecule has 188 valence electrons. The summed E-state index contributed by atoms with van der Waals surface area (Å²) in [6, 6.07) is 22.6. The van der Waals surface area contributed by atoms with Crippen molar-refractivity contribution in [2.75, 3.05) is 24.9 Å². The molecule has 0 heterocycles. The minimum Gasteiger partial charge on any atom is -0.497 e. The number of thioether (sulfide) groups is 1. The van der Waals surface area contributed by atoms with Crippen molar-refractivity contribution in [1.29, 1.82) is 0 Å². The highest BCUT2D eigenvalue weighted by atomic mass is 32.2. The maximum absolute atomic E-state index is 13.5. The second-order valence-electron chi connectivity index (χ2n) is 8.85. The highest BCUT2D eigenvalue weighted by Crippen LogP contribution is 2.38. The second kappa shape index (κ2) is 12.5. The third-order valence-electron chi connectivity index (χ3n) is 6.29. The number of hydrogen-bond donors (Lipinski definition) is 2. The fourth-order valence-corrected chi connectivity index (χ4v) is 5.46. The highest BCUT2D eigenvalue weighted by molar-refractivity contribution is 8.00. The Morgan fingerprint density at radius 1 is 0.806 bits per heavy atom. The second-order valence-corrected chi connectivity index (χ2v) is 10.0. The summed E-state index contributed by atoms with van der Waals surface area (Å²) in [5, 5.41) is 5.58. The number of hydrogen-bond acceptors (Lipinski definition) is 5. The Bertz CT molecular complexity index is 1160. The predicted octanol–water partition coefficient (Wildman–Crippen LogP) is 6.69. The zero-order chi connectivity index (χ0) is 25.3. The molecule has 0 saturated heterocycles. The number of nitrogens with one attached hydrogen (secondary N) is 2. The summed E-state index contributed by atoms with van der Waals surface area (Å²) in [5.74, 6) is 1.18. The van der Waals surface area contributed by atoms with Crippen molar-refractivity contribution in [3.63, 3.8) is 0 Å². The van der Waals surface area contributed by atoms with Crippen molar-refractivity contribution in [3.8, 4) is 11.5 Å². The quantitative estimate of drug-likeness (QED) is 0.317. The smallest absolute Gasteiger partial charge is 0.242 e. The largest absolute Gasteiger partial charge is 0.497 e. The lowest BCUT2D eigenvalue weighted by atomic mass is 9.88. The van der Waals surface area contributed by atoms with E-state index in [4.69, 9.17) is 9.47 Å². The van der Waals surface area contributed by atoms with Gasteiger partial charge in [0.2, 0.25) is 11.8 Å². The normalized spacial score (nSPS) is 14.5. The third-order valence-corrected chi connectivity index (χ3v) is 7.54. The van der Waals surface area contributed by atoms with Gasteiger partial charge in [-0.2, -0.15) is 0 Å². The summed E-state index contributed by atoms with van der Waals surface area (Å²) < 4.78 is 10.7. The van der Waals surface area contributed by atoms with Crippen LogP contribution in [0.15, 0.2) is 77.7 Å². The lowest BCUT2D eigenvalue weighted by Crippen LogP contribution is -2.24. The van der Waals surface area contributed by atoms with Crippen molar-refractivity contribution in [2.45, 2.75) is 42.2 Å². The molecule has 1 saturated carbocycles. The van der Waals surface area contributed by atoms with Crippen molar-refractivity contribution < 1.29 is 19.1 Å². The Balaban J connectivity index is 1.53. The first-order valence-electron chi connectivity index (χ1n) is 12.2. The number of carbonyl (C=O) groups excluding carboxylic acids is 2. The van der Waals surface area contributed by atoms with Crippen LogP contribution in [0.3, 0.4) is 0 Å². The van der Waals surface area contributed by atoms with Crippen LogP contribution in [0, 0.1) is 5.92 Å². The van der Waals surface area contributed by atoms with Crippen LogP contribution in [0.1, 0.15) is 42.9 Å². The van der Waals surface area contributed by atoms with Gasteiger partial charge < -0.3 is 20.1 Å². The predicted molar refractivity (Wildman–Crippen MR) is 145 cm³/mol. The van der Waals surface area contributed by atoms with Crippen molar-refractivity contribution in [1.82, 2.24) is 0 Å². The first-order chi connectivity index (χ1) is 17.6. The van der Waals surface area contributed by atoms with Crippen molar-refractivity contribution >= 4 is 35.0 Å². The molecule has 1 unspecified atom stereocenters. The van der Waals surface area contributed by atoms with Crippen molar-refractivity contribution in [2.24, 2.45) is 5.92 Å². The van der Waals surface area contributed by atoms with E-state index in [2.05, 4.69) is 10.6 Å². The van der Waals surface area contributed by atoms with Crippen LogP contribution in [0.4, 0.5) is 11.4 Å². The minimum absolute atomic E-state index is 0.0813. The molecule has 0 aromatic heterocycles. The molecule has 1 aliphatic rings. The molecule has 0 aliphatic heterocycles. The zero-order valence-electron chi connectivity index (χ0n) is 20.7. The lowest BCUT2D eigenvalue weighted by Gasteiger charge is -2.21. The standard InChI is InChI=1S/C29H32N2O4S/c1-34-24-16-23(17-25(19-24)35-2)31-29(33)27(20-10-5-3-6-11-20)36-26-15-9-14-22(18-26)30-28(32)21-12-7-4-8-13-21/h3,5-6,9-11,14-19,21,27H,4,7-8,12-13H2,1-2H3,(H,30,32)(H,31,33). The Kier molecular flexibility index (Phi) is 8.90. The van der Waals surface area contributed by atoms with Gasteiger partial charge in [-0.1, -0.05) is 55.7 Å². The van der Waals surface area contributed by atoms with Crippen LogP contribution in [-0.2, 0) is 9.59 Å². The number of rotatable bonds is 9. The van der Waals surface area contributed by atoms with Crippen LogP contribution in [0.5, 0.6) is 11.5 Å². The molecule has 3 aromatic carbocycles. The molecule has 1 atom stereocenters. The van der Waals surface area contributed by atoms with Gasteiger partial charge in [0.1, 0.15) is 16.7 Å². The molecular weight excluding hydrogens is 472 g/mol. The van der Waals surface area contributed by atoms with Crippen LogP contribution < -0.4 is 20.1 Å². The summed E-state index contributed by atoms with van der Waals surface area (Å²) in [7, 11) is 3.14. The van der Waals surface area contributed by atoms with E-state index in [-0.39, 0.29) is 17.7 Å². The molecule has 1 aliphatic carbocycles. The third kappa shape index (κ3) is 6.82. The molecule has 1 fully saturated rings. The SMILES string of the molecule is COc1cc(NC(=O)C(Sc2cccc(NC(=O)C3CCCCC3)c2)c2ccccc2)cc(OC)c1. The molecule has 3 aromatic rings. The summed E-state index contributed by atoms with van der Waals surface area (Å²) in [5.41, 5.74) is 2.22. The maximum Gasteiger partial charge on any atom is 0.242 e. The van der Waals surface area contributed by atoms with E-state index < -0.39 is 5.25 Å². The Morgan fingerprint density at radius 3 is 2.17 bits per heavy atom. The van der Waals surface area contributed by atoms with Crippen LogP contribution in [-0.4, -0.2) is 26.0 Å². The molecular formula is C29H32N2O4S. The zero-order valence-corrected chi connectivity index (χ0v) is 21.5. The van der Waals surface area contributed by atoms with Gasteiger partial charge in [0, 0.05) is 40.4 Å². The molecule has 0 spiro atoms. The fraction of sp³-hybridized carbons (Fsp3) is 0.310. The molecule has 7 heteroatoms. The van der Waals surface area contributed by atoms with Gasteiger partial charge >= 0.3 is 0 Å². The lowest BCUT2D eigenvalue weighted by molar-refractivity contribution is -0.120. The Hall–Kier alpha value is -3.45. The first kappa shape index (κ1) is 25.6. The first-order valence-corrected chi connectivity index (χ1v) is 13.1. The van der Waals surface area contributed by atoms with E-state index in [1.807, 2.05) is 54.6 Å². The molecule has 4 rings (SSSR count). The molecule has 6 nitrogen and oxygen atoms in total. The van der Waals surface area contributed by atoms with Gasteiger partial charge in [-0.05, 0) is 36.6 Å². The van der Waals surface area contributed by atoms with Gasteiger partial charge in [0.05, 0.1) is 14.2 Å². The van der Waals surface area contributed by atoms with E-state index in [1.165, 1.54) is 18.2 Å². The maximum atomic E-state index is 13.5. The van der Waals surface area contributed by atoms with Crippen LogP contribution in [0.25, 0.3) is 0 Å². The molecule has 0 bridgehead atoms. The summed E-state index contributed by atoms with van der Waals surface area (Å²) in [4.78, 5) is 27.1. The van der Waals surface area contributed by atoms with E-state index in [0.717, 1.165) is 41.8 Å². The Morgan fingerprint density at radius 2 is 1.50 bits per heavy atom. The molecule has 2 N–H and O–H groups in total. The number of carbonyl (C=O) groups is 2. The molecule has 2 amide bonds. The number of anilines is 2. The van der Waals surface area contributed by atoms with Gasteiger partial charge in [-0.25, -0.2) is 0 Å². The van der Waals surface area contributed by atoms with Crippen LogP contribution >= 0.6 is 11.8 Å². The monoisotopic (exact) mass is 504 g/mol. The van der Waals surface area contributed by atoms with Gasteiger partial charge in [-0.15, -0.1) is 11.8 Å². The number of benzene rings is 3. The van der Waals surface area contributed by atoms with Gasteiger partial charge in [0.15, 0.2) is 0 Å². The van der Waals surface area contributed by atoms with Gasteiger partial charge in [0.25, 0.3) is 0 Å². The molecule has 36 heavy (non-hydrogen) atoms. The van der Waals surface area contributed by atoms with E-state index in [1.54, 1.807) is 32.4 Å². The molecule has 0 radical (unpaired) electrons. The van der Waals surface area contributed by atoms with Crippen molar-refractivity contribution in [3.05, 3.63) is 78.4 Å². The number of amides is 2. The van der Waals surface area contributed by atoms with E-state index in [0.29, 0.717) is 17.2 Å². The van der Waals surface area contributed by atoms with E-state index >= 15 is 0 Å². The number of methoxy groups -OCH3 is 2. The average Bonchev–Trinajstić information content (AvgIpc) is 2.92. The van der Waals surface area contributed by atoms with E-state index in [9.17, 15) is 9.59 Å². The summed E-state index contributed by atoms with van der Waals surface area (Å²) in [6.07, 6.45) is 5.33. The van der Waals surface area contributed by atoms with Crippen LogP contribution in [0.2, 0.25) is 0 Å². The van der Waals surface area contributed by atoms with Gasteiger partial charge in [-0.3, -0.25) is 9.59 Å². The highest BCUT2D eigenvalue weighted by Gasteiger charge is 2.24.